The fourth-order valence-corrected chi connectivity index (χ4v) is 0.280. The lowest BCUT2D eigenvalue weighted by atomic mass is 10.5. The largest absolute Gasteiger partial charge is 0.388 e. The predicted octanol–water partition coefficient (Wildman–Crippen LogP) is 0.947. The minimum Gasteiger partial charge on any atom is -0.388 e. The highest BCUT2D eigenvalue weighted by Gasteiger charge is 1.79. The first-order valence-corrected chi connectivity index (χ1v) is 2.45. The van der Waals surface area contributed by atoms with Crippen LogP contribution in [0.1, 0.15) is 13.3 Å². The van der Waals surface area contributed by atoms with E-state index < -0.39 is 0 Å². The Morgan fingerprint density at radius 2 is 2.43 bits per heavy atom. The molecule has 2 heteroatoms. The molecule has 0 fully saturated rings. The zero-order valence-electron chi connectivity index (χ0n) is 4.55. The van der Waals surface area contributed by atoms with Crippen molar-refractivity contribution < 1.29 is 9.84 Å². The molecule has 0 rings (SSSR count). The quantitative estimate of drug-likeness (QED) is 0.537. The van der Waals surface area contributed by atoms with Gasteiger partial charge in [-0.05, 0) is 6.42 Å². The summed E-state index contributed by atoms with van der Waals surface area (Å²) < 4.78 is 4.83. The predicted molar refractivity (Wildman–Crippen MR) is 27.3 cm³/mol. The molecule has 0 aliphatic carbocycles. The summed E-state index contributed by atoms with van der Waals surface area (Å²) in [6.07, 6.45) is 1.01. The first kappa shape index (κ1) is 6.92. The first-order chi connectivity index (χ1) is 3.41. The summed E-state index contributed by atoms with van der Waals surface area (Å²) in [4.78, 5) is 0. The van der Waals surface area contributed by atoms with E-state index in [0.717, 1.165) is 19.6 Å². The molecule has 0 aromatic carbocycles. The Balaban J connectivity index is 2.45. The highest BCUT2D eigenvalue weighted by molar-refractivity contribution is 4.38. The molecule has 7 heavy (non-hydrogen) atoms. The third kappa shape index (κ3) is 5.92. The van der Waals surface area contributed by atoms with E-state index in [1.165, 1.54) is 0 Å². The van der Waals surface area contributed by atoms with Gasteiger partial charge in [0.05, 0.1) is 6.61 Å². The van der Waals surface area contributed by atoms with E-state index in [-0.39, 0.29) is 0 Å². The highest BCUT2D eigenvalue weighted by Crippen LogP contribution is 1.78. The average Bonchev–Trinajstić information content (AvgIpc) is 1.69. The number of rotatable bonds is 4. The van der Waals surface area contributed by atoms with E-state index in [1.807, 2.05) is 6.92 Å². The Labute approximate surface area is 44.1 Å². The van der Waals surface area contributed by atoms with E-state index in [0.29, 0.717) is 6.61 Å². The summed E-state index contributed by atoms with van der Waals surface area (Å²) in [5.74, 6) is 0. The van der Waals surface area contributed by atoms with Gasteiger partial charge in [0.15, 0.2) is 0 Å². The molecule has 0 aliphatic rings. The standard InChI is InChI=1S/C5H11O2/c1-2-4-7-5-3-6/h3,6H,2,4-5H2,1H3. The van der Waals surface area contributed by atoms with Crippen molar-refractivity contribution in [3.63, 3.8) is 0 Å². The van der Waals surface area contributed by atoms with Crippen LogP contribution in [0.4, 0.5) is 0 Å². The van der Waals surface area contributed by atoms with E-state index in [9.17, 15) is 0 Å². The molecular formula is C5H11O2. The van der Waals surface area contributed by atoms with E-state index in [4.69, 9.17) is 9.84 Å². The minimum atomic E-state index is 0.355. The van der Waals surface area contributed by atoms with Crippen molar-refractivity contribution in [2.75, 3.05) is 13.2 Å². The van der Waals surface area contributed by atoms with Crippen LogP contribution < -0.4 is 0 Å². The van der Waals surface area contributed by atoms with E-state index in [1.54, 1.807) is 0 Å². The fourth-order valence-electron chi connectivity index (χ4n) is 0.280. The lowest BCUT2D eigenvalue weighted by Gasteiger charge is -1.94. The summed E-state index contributed by atoms with van der Waals surface area (Å²) in [6.45, 7) is 4.12. The van der Waals surface area contributed by atoms with Crippen LogP contribution in [0.15, 0.2) is 0 Å². The molecule has 1 N–H and O–H groups in total. The van der Waals surface area contributed by atoms with Crippen molar-refractivity contribution in [1.29, 1.82) is 0 Å². The maximum atomic E-state index is 8.04. The molecule has 0 heterocycles. The van der Waals surface area contributed by atoms with E-state index >= 15 is 0 Å². The first-order valence-electron chi connectivity index (χ1n) is 2.45. The third-order valence-electron chi connectivity index (χ3n) is 0.541. The molecule has 0 amide bonds. The molecule has 43 valence electrons. The topological polar surface area (TPSA) is 29.5 Å². The smallest absolute Gasteiger partial charge is 0.105 e. The van der Waals surface area contributed by atoms with Gasteiger partial charge in [0.25, 0.3) is 0 Å². The Kier molecular flexibility index (Phi) is 5.85. The fraction of sp³-hybridized carbons (Fsp3) is 0.800. The van der Waals surface area contributed by atoms with E-state index in [2.05, 4.69) is 0 Å². The molecule has 0 aromatic heterocycles. The summed E-state index contributed by atoms with van der Waals surface area (Å²) in [5, 5.41) is 8.04. The van der Waals surface area contributed by atoms with Crippen LogP contribution in [0.25, 0.3) is 0 Å². The zero-order chi connectivity index (χ0) is 5.54. The van der Waals surface area contributed by atoms with Crippen LogP contribution in [-0.2, 0) is 4.74 Å². The van der Waals surface area contributed by atoms with Gasteiger partial charge in [-0.15, -0.1) is 0 Å². The van der Waals surface area contributed by atoms with Gasteiger partial charge in [-0.25, -0.2) is 0 Å². The second-order valence-electron chi connectivity index (χ2n) is 1.26. The van der Waals surface area contributed by atoms with Gasteiger partial charge in [0.1, 0.15) is 6.61 Å². The number of aliphatic hydroxyl groups is 1. The van der Waals surface area contributed by atoms with Crippen LogP contribution in [0.3, 0.4) is 0 Å². The molecule has 0 unspecified atom stereocenters. The van der Waals surface area contributed by atoms with Crippen LogP contribution in [0.2, 0.25) is 0 Å². The lowest BCUT2D eigenvalue weighted by Crippen LogP contribution is -1.94. The van der Waals surface area contributed by atoms with Crippen molar-refractivity contribution in [3.8, 4) is 0 Å². The Morgan fingerprint density at radius 1 is 1.71 bits per heavy atom. The van der Waals surface area contributed by atoms with Crippen molar-refractivity contribution >= 4 is 0 Å². The van der Waals surface area contributed by atoms with Crippen LogP contribution in [0, 0.1) is 6.61 Å². The van der Waals surface area contributed by atoms with Crippen LogP contribution >= 0.6 is 0 Å². The molecule has 0 saturated carbocycles. The molecule has 0 spiro atoms. The normalized spacial score (nSPS) is 9.43. The molecule has 0 atom stereocenters. The summed E-state index contributed by atoms with van der Waals surface area (Å²) >= 11 is 0. The van der Waals surface area contributed by atoms with Crippen LogP contribution in [0.5, 0.6) is 0 Å². The van der Waals surface area contributed by atoms with Gasteiger partial charge in [0, 0.05) is 6.61 Å². The summed E-state index contributed by atoms with van der Waals surface area (Å²) in [6, 6.07) is 0. The van der Waals surface area contributed by atoms with Gasteiger partial charge in [-0.1, -0.05) is 6.92 Å². The molecule has 2 nitrogen and oxygen atoms in total. The maximum absolute atomic E-state index is 8.04. The average molecular weight is 103 g/mol. The molecule has 0 saturated heterocycles. The lowest BCUT2D eigenvalue weighted by molar-refractivity contribution is 0.123. The molecular weight excluding hydrogens is 92.1 g/mol. The summed E-state index contributed by atoms with van der Waals surface area (Å²) in [5.41, 5.74) is 0. The highest BCUT2D eigenvalue weighted by atomic mass is 16.5. The summed E-state index contributed by atoms with van der Waals surface area (Å²) in [7, 11) is 0. The van der Waals surface area contributed by atoms with Crippen molar-refractivity contribution in [2.45, 2.75) is 13.3 Å². The Morgan fingerprint density at radius 3 is 2.86 bits per heavy atom. The zero-order valence-corrected chi connectivity index (χ0v) is 4.55. The third-order valence-corrected chi connectivity index (χ3v) is 0.541. The number of aliphatic hydroxyl groups excluding tert-OH is 1. The SMILES string of the molecule is CCCOC[CH]O. The van der Waals surface area contributed by atoms with Gasteiger partial charge >= 0.3 is 0 Å². The van der Waals surface area contributed by atoms with Gasteiger partial charge < -0.3 is 9.84 Å². The van der Waals surface area contributed by atoms with Crippen LogP contribution in [-0.4, -0.2) is 18.3 Å². The number of hydrogen-bond acceptors (Lipinski definition) is 2. The second-order valence-corrected chi connectivity index (χ2v) is 1.26. The molecule has 1 radical (unpaired) electrons. The van der Waals surface area contributed by atoms with Crippen molar-refractivity contribution in [2.24, 2.45) is 0 Å². The number of hydrogen-bond donors (Lipinski definition) is 1. The number of ether oxygens (including phenoxy) is 1. The van der Waals surface area contributed by atoms with Crippen molar-refractivity contribution in [1.82, 2.24) is 0 Å². The monoisotopic (exact) mass is 103 g/mol. The molecule has 0 aromatic rings. The molecule has 0 aliphatic heterocycles. The van der Waals surface area contributed by atoms with Gasteiger partial charge in [-0.3, -0.25) is 0 Å². The Hall–Kier alpha value is -0.0800. The van der Waals surface area contributed by atoms with Gasteiger partial charge in [0.2, 0.25) is 0 Å². The maximum Gasteiger partial charge on any atom is 0.105 e. The van der Waals surface area contributed by atoms with Crippen molar-refractivity contribution in [3.05, 3.63) is 6.61 Å². The second kappa shape index (κ2) is 5.92. The Bertz CT molecular complexity index is 25.3. The van der Waals surface area contributed by atoms with Gasteiger partial charge in [-0.2, -0.15) is 0 Å². The minimum absolute atomic E-state index is 0.355. The molecule has 0 bridgehead atoms.